The van der Waals surface area contributed by atoms with Gasteiger partial charge in [-0.1, -0.05) is 0 Å². The molecule has 12 heavy (non-hydrogen) atoms. The summed E-state index contributed by atoms with van der Waals surface area (Å²) in [5.41, 5.74) is -1.16. The minimum absolute atomic E-state index is 0.378. The van der Waals surface area contributed by atoms with Crippen molar-refractivity contribution in [1.29, 1.82) is 0 Å². The van der Waals surface area contributed by atoms with E-state index in [0.29, 0.717) is 0 Å². The van der Waals surface area contributed by atoms with Crippen molar-refractivity contribution in [1.82, 2.24) is 9.78 Å². The summed E-state index contributed by atoms with van der Waals surface area (Å²) in [6.07, 6.45) is 3.57. The monoisotopic (exact) mass is 168 g/mol. The van der Waals surface area contributed by atoms with Crippen molar-refractivity contribution in [2.75, 3.05) is 0 Å². The van der Waals surface area contributed by atoms with Gasteiger partial charge in [0.05, 0.1) is 11.1 Å². The van der Waals surface area contributed by atoms with Gasteiger partial charge in [-0.05, 0) is 33.8 Å². The fraction of sp³-hybridized carbons (Fsp3) is 0.667. The molecular weight excluding hydrogens is 152 g/mol. The van der Waals surface area contributed by atoms with Crippen LogP contribution < -0.4 is 0 Å². The maximum atomic E-state index is 9.86. The fourth-order valence-corrected chi connectivity index (χ4v) is 0.880. The van der Waals surface area contributed by atoms with E-state index < -0.39 is 5.60 Å². The summed E-state index contributed by atoms with van der Waals surface area (Å²) in [5.74, 6) is 0. The summed E-state index contributed by atoms with van der Waals surface area (Å²) in [6.45, 7) is 7.49. The van der Waals surface area contributed by atoms with E-state index in [9.17, 15) is 5.11 Å². The third-order valence-electron chi connectivity index (χ3n) is 2.57. The lowest BCUT2D eigenvalue weighted by atomic mass is 9.86. The number of aromatic nitrogens is 2. The Morgan fingerprint density at radius 3 is 2.17 bits per heavy atom. The number of aliphatic hydroxyl groups is 1. The third-order valence-corrected chi connectivity index (χ3v) is 2.57. The first-order chi connectivity index (χ1) is 5.36. The lowest BCUT2D eigenvalue weighted by Crippen LogP contribution is -2.47. The molecule has 0 aliphatic rings. The van der Waals surface area contributed by atoms with Gasteiger partial charge in [-0.2, -0.15) is 5.10 Å². The van der Waals surface area contributed by atoms with Gasteiger partial charge in [0.2, 0.25) is 0 Å². The number of rotatable bonds is 2. The maximum Gasteiger partial charge on any atom is 0.0851 e. The highest BCUT2D eigenvalue weighted by atomic mass is 16.3. The Labute approximate surface area is 73.0 Å². The van der Waals surface area contributed by atoms with Crippen molar-refractivity contribution < 1.29 is 5.11 Å². The molecule has 0 aliphatic heterocycles. The summed E-state index contributed by atoms with van der Waals surface area (Å²) in [4.78, 5) is 0. The third kappa shape index (κ3) is 1.37. The Morgan fingerprint density at radius 2 is 1.83 bits per heavy atom. The molecule has 3 heteroatoms. The molecule has 1 aromatic heterocycles. The van der Waals surface area contributed by atoms with Gasteiger partial charge in [0.15, 0.2) is 0 Å². The van der Waals surface area contributed by atoms with Crippen LogP contribution in [0.5, 0.6) is 0 Å². The molecule has 1 N–H and O–H groups in total. The van der Waals surface area contributed by atoms with Crippen molar-refractivity contribution in [3.8, 4) is 0 Å². The van der Waals surface area contributed by atoms with Crippen molar-refractivity contribution in [3.63, 3.8) is 0 Å². The Hall–Kier alpha value is -0.830. The second-order valence-electron chi connectivity index (χ2n) is 4.07. The number of hydrogen-bond donors (Lipinski definition) is 1. The molecule has 1 aromatic rings. The lowest BCUT2D eigenvalue weighted by Gasteiger charge is -2.37. The predicted octanol–water partition coefficient (Wildman–Crippen LogP) is 1.39. The Bertz CT molecular complexity index is 244. The summed E-state index contributed by atoms with van der Waals surface area (Å²) >= 11 is 0. The van der Waals surface area contributed by atoms with Gasteiger partial charge in [-0.15, -0.1) is 0 Å². The minimum Gasteiger partial charge on any atom is -0.388 e. The van der Waals surface area contributed by atoms with Crippen molar-refractivity contribution >= 4 is 0 Å². The molecule has 0 fully saturated rings. The Morgan fingerprint density at radius 1 is 1.25 bits per heavy atom. The average molecular weight is 168 g/mol. The summed E-state index contributed by atoms with van der Waals surface area (Å²) in [7, 11) is 0. The summed E-state index contributed by atoms with van der Waals surface area (Å²) in [6, 6.07) is 1.85. The number of nitrogens with zero attached hydrogens (tertiary/aromatic N) is 2. The standard InChI is InChI=1S/C9H16N2O/c1-8(2,9(3,4)12)11-7-5-6-10-11/h5-7,12H,1-4H3. The van der Waals surface area contributed by atoms with Crippen LogP contribution in [-0.2, 0) is 5.54 Å². The molecule has 0 saturated heterocycles. The first kappa shape index (κ1) is 9.26. The van der Waals surface area contributed by atoms with Crippen molar-refractivity contribution in [2.24, 2.45) is 0 Å². The van der Waals surface area contributed by atoms with Crippen LogP contribution in [0.1, 0.15) is 27.7 Å². The molecule has 1 heterocycles. The van der Waals surface area contributed by atoms with E-state index >= 15 is 0 Å². The zero-order chi connectivity index (χ0) is 9.41. The van der Waals surface area contributed by atoms with Crippen LogP contribution in [0.3, 0.4) is 0 Å². The number of hydrogen-bond acceptors (Lipinski definition) is 2. The van der Waals surface area contributed by atoms with Gasteiger partial charge in [0.25, 0.3) is 0 Å². The molecule has 0 amide bonds. The SMILES string of the molecule is CC(C)(O)C(C)(C)n1cccn1. The van der Waals surface area contributed by atoms with Gasteiger partial charge in [-0.25, -0.2) is 0 Å². The van der Waals surface area contributed by atoms with E-state index in [1.54, 1.807) is 24.7 Å². The van der Waals surface area contributed by atoms with E-state index in [2.05, 4.69) is 5.10 Å². The van der Waals surface area contributed by atoms with Gasteiger partial charge in [0.1, 0.15) is 0 Å². The second-order valence-corrected chi connectivity index (χ2v) is 4.07. The smallest absolute Gasteiger partial charge is 0.0851 e. The predicted molar refractivity (Wildman–Crippen MR) is 47.8 cm³/mol. The molecular formula is C9H16N2O. The molecule has 3 nitrogen and oxygen atoms in total. The molecule has 0 spiro atoms. The van der Waals surface area contributed by atoms with E-state index in [4.69, 9.17) is 0 Å². The van der Waals surface area contributed by atoms with E-state index in [1.807, 2.05) is 26.1 Å². The highest BCUT2D eigenvalue weighted by Crippen LogP contribution is 2.27. The topological polar surface area (TPSA) is 38.0 Å². The van der Waals surface area contributed by atoms with E-state index in [1.165, 1.54) is 0 Å². The molecule has 0 aromatic carbocycles. The molecule has 68 valence electrons. The highest BCUT2D eigenvalue weighted by molar-refractivity contribution is 4.94. The van der Waals surface area contributed by atoms with E-state index in [-0.39, 0.29) is 5.54 Å². The van der Waals surface area contributed by atoms with Crippen LogP contribution in [0.2, 0.25) is 0 Å². The largest absolute Gasteiger partial charge is 0.388 e. The zero-order valence-electron chi connectivity index (χ0n) is 8.07. The second kappa shape index (κ2) is 2.59. The van der Waals surface area contributed by atoms with Crippen LogP contribution in [0.15, 0.2) is 18.5 Å². The molecule has 0 aliphatic carbocycles. The van der Waals surface area contributed by atoms with Crippen LogP contribution >= 0.6 is 0 Å². The lowest BCUT2D eigenvalue weighted by molar-refractivity contribution is -0.0323. The van der Waals surface area contributed by atoms with Gasteiger partial charge < -0.3 is 5.11 Å². The normalized spacial score (nSPS) is 13.4. The van der Waals surface area contributed by atoms with E-state index in [0.717, 1.165) is 0 Å². The zero-order valence-corrected chi connectivity index (χ0v) is 8.07. The first-order valence-corrected chi connectivity index (χ1v) is 4.08. The van der Waals surface area contributed by atoms with Crippen LogP contribution in [0, 0.1) is 0 Å². The van der Waals surface area contributed by atoms with Gasteiger partial charge in [0, 0.05) is 12.4 Å². The quantitative estimate of drug-likeness (QED) is 0.724. The van der Waals surface area contributed by atoms with Gasteiger partial charge >= 0.3 is 0 Å². The van der Waals surface area contributed by atoms with Gasteiger partial charge in [-0.3, -0.25) is 4.68 Å². The highest BCUT2D eigenvalue weighted by Gasteiger charge is 2.36. The molecule has 0 radical (unpaired) electrons. The molecule has 1 rings (SSSR count). The maximum absolute atomic E-state index is 9.86. The van der Waals surface area contributed by atoms with Crippen molar-refractivity contribution in [2.45, 2.75) is 38.8 Å². The van der Waals surface area contributed by atoms with Crippen molar-refractivity contribution in [3.05, 3.63) is 18.5 Å². The molecule has 0 saturated carbocycles. The fourth-order valence-electron chi connectivity index (χ4n) is 0.880. The van der Waals surface area contributed by atoms with Crippen LogP contribution in [-0.4, -0.2) is 20.5 Å². The molecule has 0 atom stereocenters. The Balaban J connectivity index is 3.02. The minimum atomic E-state index is -0.779. The Kier molecular flexibility index (Phi) is 2.00. The molecule has 0 bridgehead atoms. The van der Waals surface area contributed by atoms with Crippen LogP contribution in [0.25, 0.3) is 0 Å². The average Bonchev–Trinajstić information content (AvgIpc) is 2.34. The first-order valence-electron chi connectivity index (χ1n) is 4.08. The molecule has 0 unspecified atom stereocenters. The summed E-state index contributed by atoms with van der Waals surface area (Å²) < 4.78 is 1.77. The summed E-state index contributed by atoms with van der Waals surface area (Å²) in [5, 5.41) is 14.0. The van der Waals surface area contributed by atoms with Crippen LogP contribution in [0.4, 0.5) is 0 Å².